The third-order valence-corrected chi connectivity index (χ3v) is 2.24. The Kier molecular flexibility index (Phi) is 2.73. The van der Waals surface area contributed by atoms with Crippen LogP contribution < -0.4 is 0 Å². The molecule has 0 radical (unpaired) electrons. The van der Waals surface area contributed by atoms with E-state index in [4.69, 9.17) is 0 Å². The zero-order chi connectivity index (χ0) is 12.4. The van der Waals surface area contributed by atoms with Crippen molar-refractivity contribution in [2.75, 3.05) is 13.2 Å². The Hall–Kier alpha value is -2.45. The average molecular weight is 239 g/mol. The van der Waals surface area contributed by atoms with Crippen LogP contribution in [0.2, 0.25) is 0 Å². The van der Waals surface area contributed by atoms with Gasteiger partial charge in [0.25, 0.3) is 0 Å². The maximum absolute atomic E-state index is 11.0. The Morgan fingerprint density at radius 2 is 2.47 bits per heavy atom. The van der Waals surface area contributed by atoms with Gasteiger partial charge in [0, 0.05) is 0 Å². The summed E-state index contributed by atoms with van der Waals surface area (Å²) in [6, 6.07) is 0. The summed E-state index contributed by atoms with van der Waals surface area (Å²) in [5, 5.41) is 15.5. The highest BCUT2D eigenvalue weighted by Gasteiger charge is 2.21. The number of cyclic esters (lactones) is 1. The van der Waals surface area contributed by atoms with Crippen molar-refractivity contribution >= 4 is 18.1 Å². The number of imidazole rings is 1. The minimum absolute atomic E-state index is 0.143. The van der Waals surface area contributed by atoms with E-state index >= 15 is 0 Å². The Morgan fingerprint density at radius 3 is 3.00 bits per heavy atom. The lowest BCUT2D eigenvalue weighted by atomic mass is 10.6. The van der Waals surface area contributed by atoms with Crippen LogP contribution in [0.1, 0.15) is 5.82 Å². The molecule has 1 fully saturated rings. The second-order valence-electron chi connectivity index (χ2n) is 3.27. The molecule has 9 heteroatoms. The molecule has 17 heavy (non-hydrogen) atoms. The molecule has 2 heterocycles. The standard InChI is InChI=1S/C8H9N5O4/c1-11-6(9-5-7(11)13(15)16)4-10-12-2-3-17-8(12)14/h4-5H,2-3H2,1H3/b10-4+. The molecule has 0 saturated carbocycles. The van der Waals surface area contributed by atoms with Crippen molar-refractivity contribution in [2.24, 2.45) is 12.1 Å². The number of ether oxygens (including phenoxy) is 1. The summed E-state index contributed by atoms with van der Waals surface area (Å²) in [6.07, 6.45) is 1.87. The molecule has 0 spiro atoms. The van der Waals surface area contributed by atoms with Gasteiger partial charge in [-0.25, -0.2) is 14.3 Å². The van der Waals surface area contributed by atoms with E-state index in [2.05, 4.69) is 14.8 Å². The van der Waals surface area contributed by atoms with E-state index in [0.717, 1.165) is 11.2 Å². The molecule has 1 amide bonds. The average Bonchev–Trinajstić information content (AvgIpc) is 2.82. The summed E-state index contributed by atoms with van der Waals surface area (Å²) in [5.41, 5.74) is 0. The van der Waals surface area contributed by atoms with Crippen molar-refractivity contribution < 1.29 is 14.5 Å². The molecule has 1 aliphatic heterocycles. The van der Waals surface area contributed by atoms with Crippen LogP contribution in [0.4, 0.5) is 10.6 Å². The van der Waals surface area contributed by atoms with Gasteiger partial charge in [0.15, 0.2) is 0 Å². The van der Waals surface area contributed by atoms with Gasteiger partial charge < -0.3 is 14.9 Å². The van der Waals surface area contributed by atoms with Crippen molar-refractivity contribution in [3.8, 4) is 0 Å². The normalized spacial score (nSPS) is 15.6. The second-order valence-corrected chi connectivity index (χ2v) is 3.27. The maximum atomic E-state index is 11.0. The number of nitro groups is 1. The van der Waals surface area contributed by atoms with Crippen molar-refractivity contribution in [1.82, 2.24) is 14.6 Å². The highest BCUT2D eigenvalue weighted by Crippen LogP contribution is 2.10. The van der Waals surface area contributed by atoms with E-state index in [1.54, 1.807) is 0 Å². The first-order valence-electron chi connectivity index (χ1n) is 4.74. The molecular weight excluding hydrogens is 230 g/mol. The first kappa shape index (κ1) is 11.0. The predicted molar refractivity (Wildman–Crippen MR) is 55.5 cm³/mol. The van der Waals surface area contributed by atoms with Gasteiger partial charge in [-0.3, -0.25) is 0 Å². The lowest BCUT2D eigenvalue weighted by molar-refractivity contribution is -0.391. The van der Waals surface area contributed by atoms with E-state index in [9.17, 15) is 14.9 Å². The fourth-order valence-corrected chi connectivity index (χ4v) is 1.32. The first-order valence-corrected chi connectivity index (χ1v) is 4.74. The quantitative estimate of drug-likeness (QED) is 0.423. The molecule has 1 aromatic heterocycles. The van der Waals surface area contributed by atoms with Crippen LogP contribution >= 0.6 is 0 Å². The molecule has 0 aromatic carbocycles. The maximum Gasteiger partial charge on any atom is 0.430 e. The minimum Gasteiger partial charge on any atom is -0.446 e. The Bertz CT molecular complexity index is 494. The van der Waals surface area contributed by atoms with Crippen LogP contribution in [0.3, 0.4) is 0 Å². The number of hydrogen-bond acceptors (Lipinski definition) is 6. The Labute approximate surface area is 95.4 Å². The molecule has 0 aliphatic carbocycles. The fourth-order valence-electron chi connectivity index (χ4n) is 1.32. The highest BCUT2D eigenvalue weighted by atomic mass is 16.6. The summed E-state index contributed by atoms with van der Waals surface area (Å²) >= 11 is 0. The Morgan fingerprint density at radius 1 is 1.71 bits per heavy atom. The molecule has 1 aromatic rings. The SMILES string of the molecule is Cn1c([N+](=O)[O-])cnc1/C=N/N1CCOC1=O. The van der Waals surface area contributed by atoms with E-state index in [0.29, 0.717) is 6.54 Å². The molecule has 0 atom stereocenters. The molecule has 1 saturated heterocycles. The van der Waals surface area contributed by atoms with Gasteiger partial charge in [0.05, 0.1) is 13.6 Å². The lowest BCUT2D eigenvalue weighted by Gasteiger charge is -2.02. The number of carbonyl (C=O) groups is 1. The van der Waals surface area contributed by atoms with E-state index < -0.39 is 11.0 Å². The third-order valence-electron chi connectivity index (χ3n) is 2.24. The van der Waals surface area contributed by atoms with E-state index in [1.165, 1.54) is 17.8 Å². The van der Waals surface area contributed by atoms with Crippen LogP contribution in [0, 0.1) is 10.1 Å². The molecule has 2 rings (SSSR count). The summed E-state index contributed by atoms with van der Waals surface area (Å²) in [7, 11) is 1.49. The van der Waals surface area contributed by atoms with Crippen LogP contribution in [0.5, 0.6) is 0 Å². The van der Waals surface area contributed by atoms with Gasteiger partial charge in [-0.05, 0) is 4.92 Å². The minimum atomic E-state index is -0.547. The largest absolute Gasteiger partial charge is 0.446 e. The summed E-state index contributed by atoms with van der Waals surface area (Å²) in [6.45, 7) is 0.652. The molecule has 90 valence electrons. The van der Waals surface area contributed by atoms with Crippen LogP contribution in [0.25, 0.3) is 0 Å². The van der Waals surface area contributed by atoms with Crippen molar-refractivity contribution in [1.29, 1.82) is 0 Å². The van der Waals surface area contributed by atoms with E-state index in [-0.39, 0.29) is 18.2 Å². The molecule has 0 bridgehead atoms. The molecule has 1 aliphatic rings. The highest BCUT2D eigenvalue weighted by molar-refractivity contribution is 5.78. The smallest absolute Gasteiger partial charge is 0.430 e. The zero-order valence-electron chi connectivity index (χ0n) is 8.94. The van der Waals surface area contributed by atoms with Gasteiger partial charge in [0.2, 0.25) is 5.82 Å². The number of amides is 1. The fraction of sp³-hybridized carbons (Fsp3) is 0.375. The molecular formula is C8H9N5O4. The van der Waals surface area contributed by atoms with Gasteiger partial charge >= 0.3 is 11.9 Å². The number of hydrazone groups is 1. The topological polar surface area (TPSA) is 103 Å². The number of hydrogen-bond donors (Lipinski definition) is 0. The molecule has 9 nitrogen and oxygen atoms in total. The second kappa shape index (κ2) is 4.20. The lowest BCUT2D eigenvalue weighted by Crippen LogP contribution is -2.18. The van der Waals surface area contributed by atoms with Crippen molar-refractivity contribution in [3.05, 3.63) is 22.1 Å². The monoisotopic (exact) mass is 239 g/mol. The van der Waals surface area contributed by atoms with Gasteiger partial charge in [0.1, 0.15) is 19.0 Å². The van der Waals surface area contributed by atoms with Gasteiger partial charge in [-0.15, -0.1) is 0 Å². The van der Waals surface area contributed by atoms with Crippen LogP contribution in [0.15, 0.2) is 11.3 Å². The van der Waals surface area contributed by atoms with Crippen molar-refractivity contribution in [3.63, 3.8) is 0 Å². The van der Waals surface area contributed by atoms with Crippen molar-refractivity contribution in [2.45, 2.75) is 0 Å². The van der Waals surface area contributed by atoms with Gasteiger partial charge in [-0.2, -0.15) is 10.1 Å². The number of carbonyl (C=O) groups excluding carboxylic acids is 1. The number of aromatic nitrogens is 2. The zero-order valence-corrected chi connectivity index (χ0v) is 8.94. The Balaban J connectivity index is 2.16. The third kappa shape index (κ3) is 2.07. The predicted octanol–water partition coefficient (Wildman–Crippen LogP) is 0.114. The molecule has 0 unspecified atom stereocenters. The molecule has 0 N–H and O–H groups in total. The van der Waals surface area contributed by atoms with Crippen LogP contribution in [-0.4, -0.2) is 44.9 Å². The summed E-state index contributed by atoms with van der Waals surface area (Å²) in [5.74, 6) is 0.145. The van der Waals surface area contributed by atoms with Crippen LogP contribution in [-0.2, 0) is 11.8 Å². The van der Waals surface area contributed by atoms with E-state index in [1.807, 2.05) is 0 Å². The summed E-state index contributed by atoms with van der Waals surface area (Å²) in [4.78, 5) is 24.9. The van der Waals surface area contributed by atoms with Gasteiger partial charge in [-0.1, -0.05) is 0 Å². The number of nitrogens with zero attached hydrogens (tertiary/aromatic N) is 5. The number of rotatable bonds is 3. The first-order chi connectivity index (χ1) is 8.09. The summed E-state index contributed by atoms with van der Waals surface area (Å²) < 4.78 is 5.93.